The molecule has 3 N–H and O–H groups in total. The Hall–Kier alpha value is -1.87. The van der Waals surface area contributed by atoms with Crippen molar-refractivity contribution in [3.05, 3.63) is 69.0 Å². The molecule has 1 atom stereocenters. The predicted molar refractivity (Wildman–Crippen MR) is 155 cm³/mol. The van der Waals surface area contributed by atoms with Crippen LogP contribution in [0.15, 0.2) is 54.3 Å². The summed E-state index contributed by atoms with van der Waals surface area (Å²) in [7, 11) is 2.23. The van der Waals surface area contributed by atoms with Crippen LogP contribution in [0.5, 0.6) is 0 Å². The van der Waals surface area contributed by atoms with E-state index in [1.54, 1.807) is 9.77 Å². The number of nitrogens with one attached hydrogen (secondary N) is 1. The van der Waals surface area contributed by atoms with Crippen LogP contribution in [0.4, 0.5) is 4.39 Å². The van der Waals surface area contributed by atoms with Gasteiger partial charge in [0.15, 0.2) is 0 Å². The van der Waals surface area contributed by atoms with Gasteiger partial charge in [0.05, 0.1) is 5.82 Å². The molecule has 1 aromatic carbocycles. The molecule has 0 radical (unpaired) electrons. The van der Waals surface area contributed by atoms with Crippen LogP contribution in [0.2, 0.25) is 0 Å². The van der Waals surface area contributed by atoms with Gasteiger partial charge in [0.1, 0.15) is 6.29 Å². The molecule has 7 heteroatoms. The molecule has 2 saturated heterocycles. The average Bonchev–Trinajstić information content (AvgIpc) is 3.02. The number of fused-ring (bicyclic) bond motifs is 2. The van der Waals surface area contributed by atoms with E-state index in [-0.39, 0.29) is 5.83 Å². The van der Waals surface area contributed by atoms with Crippen LogP contribution in [0, 0.1) is 16.4 Å². The van der Waals surface area contributed by atoms with Gasteiger partial charge < -0.3 is 15.4 Å². The van der Waals surface area contributed by atoms with E-state index in [0.29, 0.717) is 22.2 Å². The first-order valence-electron chi connectivity index (χ1n) is 13.3. The number of nitrogens with two attached hydrogens (primary N) is 1. The van der Waals surface area contributed by atoms with Crippen LogP contribution < -0.4 is 11.1 Å². The molecule has 0 aliphatic carbocycles. The fraction of sp³-hybridized carbons (Fsp3) is 0.552. The number of likely N-dealkylation sites (tertiary alicyclic amines) is 2. The van der Waals surface area contributed by atoms with E-state index in [1.165, 1.54) is 42.6 Å². The molecule has 2 fully saturated rings. The zero-order valence-electron chi connectivity index (χ0n) is 21.8. The molecule has 0 bridgehead atoms. The van der Waals surface area contributed by atoms with Crippen LogP contribution in [0.1, 0.15) is 49.7 Å². The number of aldehydes is 1. The molecule has 0 spiro atoms. The topological polar surface area (TPSA) is 61.6 Å². The summed E-state index contributed by atoms with van der Waals surface area (Å²) in [6.07, 6.45) is 11.9. The SMILES string of the molecule is C=C(N)N1CCC(CC=O)CC1.Cc1ccc2c(c1)CCC1=CC(F)=CNC1I2C1CCN(C)CC1. The Balaban J connectivity index is 0.000000214. The molecule has 4 aliphatic heterocycles. The van der Waals surface area contributed by atoms with Gasteiger partial charge in [0.25, 0.3) is 0 Å². The van der Waals surface area contributed by atoms with Crippen molar-refractivity contribution in [2.24, 2.45) is 11.7 Å². The van der Waals surface area contributed by atoms with E-state index in [9.17, 15) is 9.18 Å². The third-order valence-electron chi connectivity index (χ3n) is 7.80. The number of piperidine rings is 2. The molecular weight excluding hydrogens is 566 g/mol. The van der Waals surface area contributed by atoms with Crippen molar-refractivity contribution >= 4 is 26.1 Å². The number of rotatable bonds is 4. The molecule has 1 unspecified atom stereocenters. The number of dihydropyridines is 1. The maximum absolute atomic E-state index is 13.8. The van der Waals surface area contributed by atoms with Gasteiger partial charge in [-0.3, -0.25) is 0 Å². The van der Waals surface area contributed by atoms with E-state index in [2.05, 4.69) is 53.9 Å². The summed E-state index contributed by atoms with van der Waals surface area (Å²) in [4.78, 5) is 14.8. The van der Waals surface area contributed by atoms with Crippen molar-refractivity contribution in [3.63, 3.8) is 0 Å². The Morgan fingerprint density at radius 1 is 1.19 bits per heavy atom. The molecule has 0 aromatic heterocycles. The number of halogens is 2. The second kappa shape index (κ2) is 12.6. The maximum atomic E-state index is 13.8. The molecule has 5 nitrogen and oxygen atoms in total. The summed E-state index contributed by atoms with van der Waals surface area (Å²) >= 11 is -1.50. The summed E-state index contributed by atoms with van der Waals surface area (Å²) in [5, 5.41) is 3.48. The van der Waals surface area contributed by atoms with E-state index in [4.69, 9.17) is 5.73 Å². The van der Waals surface area contributed by atoms with Crippen LogP contribution >= 0.6 is 19.8 Å². The summed E-state index contributed by atoms with van der Waals surface area (Å²) in [6, 6.07) is 7.08. The number of benzene rings is 1. The van der Waals surface area contributed by atoms with Gasteiger partial charge in [-0.05, 0) is 18.8 Å². The van der Waals surface area contributed by atoms with E-state index in [0.717, 1.165) is 49.0 Å². The molecule has 0 amide bonds. The summed E-state index contributed by atoms with van der Waals surface area (Å²) in [6.45, 7) is 10.2. The second-order valence-electron chi connectivity index (χ2n) is 10.5. The quantitative estimate of drug-likeness (QED) is 0.216. The van der Waals surface area contributed by atoms with Crippen LogP contribution in [-0.4, -0.2) is 57.3 Å². The van der Waals surface area contributed by atoms with Crippen molar-refractivity contribution < 1.29 is 9.18 Å². The molecule has 198 valence electrons. The molecule has 4 aliphatic rings. The van der Waals surface area contributed by atoms with Crippen molar-refractivity contribution in [2.45, 2.75) is 59.8 Å². The molecular formula is C29H42FIN4O. The van der Waals surface area contributed by atoms with E-state index >= 15 is 0 Å². The Morgan fingerprint density at radius 2 is 1.92 bits per heavy atom. The summed E-state index contributed by atoms with van der Waals surface area (Å²) in [5.41, 5.74) is 9.75. The number of aryl methyl sites for hydroxylation is 2. The first-order valence-corrected chi connectivity index (χ1v) is 16.8. The van der Waals surface area contributed by atoms with Gasteiger partial charge in [-0.2, -0.15) is 0 Å². The Bertz CT molecular complexity index is 993. The normalized spacial score (nSPS) is 24.1. The number of carbonyl (C=O) groups is 1. The minimum atomic E-state index is -1.50. The summed E-state index contributed by atoms with van der Waals surface area (Å²) < 4.78 is 16.7. The Labute approximate surface area is 223 Å². The molecule has 4 heterocycles. The molecule has 1 aromatic rings. The number of hydrogen-bond acceptors (Lipinski definition) is 5. The van der Waals surface area contributed by atoms with Gasteiger partial charge in [-0.15, -0.1) is 0 Å². The monoisotopic (exact) mass is 608 g/mol. The van der Waals surface area contributed by atoms with Gasteiger partial charge in [0.2, 0.25) is 0 Å². The Kier molecular flexibility index (Phi) is 9.50. The van der Waals surface area contributed by atoms with Crippen LogP contribution in [0.3, 0.4) is 0 Å². The van der Waals surface area contributed by atoms with Crippen LogP contribution in [0.25, 0.3) is 0 Å². The van der Waals surface area contributed by atoms with Crippen molar-refractivity contribution in [3.8, 4) is 0 Å². The number of alkyl halides is 2. The first kappa shape index (κ1) is 27.2. The van der Waals surface area contributed by atoms with Crippen molar-refractivity contribution in [1.82, 2.24) is 15.1 Å². The predicted octanol–water partition coefficient (Wildman–Crippen LogP) is 5.10. The van der Waals surface area contributed by atoms with Crippen molar-refractivity contribution in [1.29, 1.82) is 0 Å². The standard InChI is InChI=1S/C20H26FIN2.C9H16N2O/c1-14-3-6-19-15(11-14)4-5-16-12-17(21)13-23-20(16)22(19)18-7-9-24(2)10-8-18;1-8(10)11-5-2-9(3-6-11)4-7-12/h3,6,11-13,18,20,23H,4-5,7-10H2,1-2H3;7,9H,1-6,10H2. The summed E-state index contributed by atoms with van der Waals surface area (Å²) in [5.74, 6) is 1.11. The Morgan fingerprint density at radius 3 is 2.58 bits per heavy atom. The molecule has 0 saturated carbocycles. The number of hydrogen-bond donors (Lipinski definition) is 2. The van der Waals surface area contributed by atoms with Gasteiger partial charge in [-0.25, -0.2) is 0 Å². The zero-order valence-corrected chi connectivity index (χ0v) is 24.0. The molecule has 36 heavy (non-hydrogen) atoms. The minimum absolute atomic E-state index is 0.109. The van der Waals surface area contributed by atoms with Crippen LogP contribution in [-0.2, 0) is 11.2 Å². The van der Waals surface area contributed by atoms with E-state index in [1.807, 2.05) is 6.08 Å². The van der Waals surface area contributed by atoms with Gasteiger partial charge >= 0.3 is 152 Å². The van der Waals surface area contributed by atoms with E-state index < -0.39 is 19.8 Å². The number of carbonyl (C=O) groups excluding carboxylic acids is 1. The van der Waals surface area contributed by atoms with Crippen molar-refractivity contribution in [2.75, 3.05) is 33.2 Å². The second-order valence-corrected chi connectivity index (χ2v) is 16.7. The fourth-order valence-corrected chi connectivity index (χ4v) is 13.9. The first-order chi connectivity index (χ1) is 17.4. The third-order valence-corrected chi connectivity index (χ3v) is 15.8. The average molecular weight is 609 g/mol. The fourth-order valence-electron chi connectivity index (χ4n) is 5.62. The third kappa shape index (κ3) is 6.71. The van der Waals surface area contributed by atoms with Gasteiger partial charge in [-0.1, -0.05) is 6.58 Å². The zero-order chi connectivity index (χ0) is 25.7. The molecule has 5 rings (SSSR count). The van der Waals surface area contributed by atoms with Gasteiger partial charge in [0, 0.05) is 19.5 Å². The number of nitrogens with zero attached hydrogens (tertiary/aromatic N) is 2. The number of allylic oxidation sites excluding steroid dienone is 2.